The minimum Gasteiger partial charge on any atom is -1.00 e. The largest absolute Gasteiger partial charge is 1.00 e. The molecule has 0 radical (unpaired) electrons. The Kier molecular flexibility index (Phi) is 9.12. The van der Waals surface area contributed by atoms with E-state index in [2.05, 4.69) is 59.5 Å². The van der Waals surface area contributed by atoms with Crippen LogP contribution in [-0.2, 0) is 12.8 Å². The molecule has 0 aliphatic heterocycles. The zero-order chi connectivity index (χ0) is 18.2. The Balaban J connectivity index is 0.000000247. The van der Waals surface area contributed by atoms with E-state index in [1.807, 2.05) is 12.1 Å². The van der Waals surface area contributed by atoms with E-state index < -0.39 is 0 Å². The summed E-state index contributed by atoms with van der Waals surface area (Å²) in [5.41, 5.74) is 3.17. The minimum absolute atomic E-state index is 0. The molecule has 0 N–H and O–H groups in total. The molecule has 1 nitrogen and oxygen atoms in total. The van der Waals surface area contributed by atoms with Gasteiger partial charge in [0.1, 0.15) is 0 Å². The average molecular weight is 432 g/mol. The van der Waals surface area contributed by atoms with Crippen LogP contribution < -0.4 is 17.0 Å². The first-order valence-corrected chi connectivity index (χ1v) is 9.96. The molecule has 1 aromatic heterocycles. The number of benzene rings is 3. The van der Waals surface area contributed by atoms with Crippen LogP contribution in [0.1, 0.15) is 24.0 Å². The van der Waals surface area contributed by atoms with Crippen molar-refractivity contribution < 1.29 is 21.4 Å². The van der Waals surface area contributed by atoms with Gasteiger partial charge in [-0.3, -0.25) is 0 Å². The van der Waals surface area contributed by atoms with Crippen molar-refractivity contribution in [2.45, 2.75) is 25.7 Å². The first-order chi connectivity index (χ1) is 12.8. The van der Waals surface area contributed by atoms with Gasteiger partial charge in [0.25, 0.3) is 0 Å². The zero-order valence-corrected chi connectivity index (χ0v) is 18.5. The van der Waals surface area contributed by atoms with Crippen LogP contribution in [0.15, 0.2) is 88.4 Å². The molecule has 1 aliphatic carbocycles. The van der Waals surface area contributed by atoms with Crippen molar-refractivity contribution in [2.24, 2.45) is 0 Å². The zero-order valence-electron chi connectivity index (χ0n) is 15.5. The molecule has 5 rings (SSSR count). The summed E-state index contributed by atoms with van der Waals surface area (Å²) in [5.74, 6) is 0. The van der Waals surface area contributed by atoms with E-state index in [9.17, 15) is 0 Å². The number of halogens is 1. The van der Waals surface area contributed by atoms with Gasteiger partial charge >= 0.3 is 32.5 Å². The molecule has 0 amide bonds. The molecular formula is C24H23BrMgO. The van der Waals surface area contributed by atoms with E-state index in [-0.39, 0.29) is 17.0 Å². The van der Waals surface area contributed by atoms with Gasteiger partial charge < -0.3 is 21.4 Å². The number of hydrogen-bond donors (Lipinski definition) is 0. The minimum atomic E-state index is 0. The average Bonchev–Trinajstić information content (AvgIpc) is 3.28. The predicted octanol–water partition coefficient (Wildman–Crippen LogP) is 3.45. The van der Waals surface area contributed by atoms with E-state index in [0.717, 1.165) is 0 Å². The summed E-state index contributed by atoms with van der Waals surface area (Å²) in [6.07, 6.45) is 8.47. The second-order valence-corrected chi connectivity index (χ2v) is 6.95. The molecule has 0 spiro atoms. The van der Waals surface area contributed by atoms with Crippen LogP contribution in [0, 0.1) is 0 Å². The van der Waals surface area contributed by atoms with Crippen molar-refractivity contribution in [3.05, 3.63) is 95.1 Å². The normalized spacial score (nSPS) is 11.9. The van der Waals surface area contributed by atoms with E-state index in [1.54, 1.807) is 49.6 Å². The first kappa shape index (κ1) is 21.7. The fraction of sp³-hybridized carbons (Fsp3) is 0.167. The fourth-order valence-corrected chi connectivity index (χ4v) is 3.57. The Bertz CT molecular complexity index is 959. The maximum absolute atomic E-state index is 4.58. The molecule has 1 aliphatic rings. The van der Waals surface area contributed by atoms with Crippen molar-refractivity contribution in [2.75, 3.05) is 0 Å². The van der Waals surface area contributed by atoms with Gasteiger partial charge in [0, 0.05) is 0 Å². The SMILES string of the molecule is C=[CH][Mg+].[Br-].c1ccc2c(c1)ccc1c3c(ccc12)CCCC3.c1ccoc1. The molecule has 0 atom stereocenters. The molecule has 0 unspecified atom stereocenters. The topological polar surface area (TPSA) is 13.1 Å². The number of rotatable bonds is 0. The van der Waals surface area contributed by atoms with Crippen LogP contribution >= 0.6 is 0 Å². The molecule has 1 heterocycles. The molecule has 4 aromatic rings. The van der Waals surface area contributed by atoms with Crippen LogP contribution in [0.2, 0.25) is 0 Å². The molecule has 27 heavy (non-hydrogen) atoms. The van der Waals surface area contributed by atoms with Crippen molar-refractivity contribution in [1.29, 1.82) is 0 Å². The maximum Gasteiger partial charge on any atom is 0.0902 e. The predicted molar refractivity (Wildman–Crippen MR) is 113 cm³/mol. The Morgan fingerprint density at radius 2 is 1.44 bits per heavy atom. The van der Waals surface area contributed by atoms with Crippen molar-refractivity contribution in [3.8, 4) is 0 Å². The molecule has 3 aromatic carbocycles. The summed E-state index contributed by atoms with van der Waals surface area (Å²) in [7, 11) is 0. The van der Waals surface area contributed by atoms with Gasteiger partial charge in [0.05, 0.1) is 12.5 Å². The first-order valence-electron chi connectivity index (χ1n) is 9.14. The monoisotopic (exact) mass is 430 g/mol. The van der Waals surface area contributed by atoms with Gasteiger partial charge in [0.2, 0.25) is 0 Å². The number of hydrogen-bond acceptors (Lipinski definition) is 1. The summed E-state index contributed by atoms with van der Waals surface area (Å²) in [6, 6.07) is 21.6. The number of fused-ring (bicyclic) bond motifs is 5. The molecule has 0 saturated heterocycles. The molecule has 0 fully saturated rings. The summed E-state index contributed by atoms with van der Waals surface area (Å²) in [4.78, 5) is 0. The second kappa shape index (κ2) is 11.3. The van der Waals surface area contributed by atoms with Crippen molar-refractivity contribution in [1.82, 2.24) is 0 Å². The van der Waals surface area contributed by atoms with Gasteiger partial charge in [-0.1, -0.05) is 48.5 Å². The smallest absolute Gasteiger partial charge is 0.0902 e. The van der Waals surface area contributed by atoms with Crippen LogP contribution in [0.3, 0.4) is 0 Å². The van der Waals surface area contributed by atoms with Gasteiger partial charge in [-0.2, -0.15) is 0 Å². The summed E-state index contributed by atoms with van der Waals surface area (Å²) in [5, 5.41) is 5.64. The van der Waals surface area contributed by atoms with Crippen LogP contribution in [0.25, 0.3) is 21.5 Å². The van der Waals surface area contributed by atoms with Gasteiger partial charge in [-0.05, 0) is 70.5 Å². The number of aryl methyl sites for hydroxylation is 2. The Morgan fingerprint density at radius 1 is 0.778 bits per heavy atom. The third-order valence-electron chi connectivity index (χ3n) is 4.68. The van der Waals surface area contributed by atoms with Gasteiger partial charge in [-0.15, -0.1) is 0 Å². The summed E-state index contributed by atoms with van der Waals surface area (Å²) >= 11 is 1.74. The van der Waals surface area contributed by atoms with E-state index in [0.29, 0.717) is 0 Å². The number of furan rings is 1. The van der Waals surface area contributed by atoms with E-state index in [4.69, 9.17) is 0 Å². The quantitative estimate of drug-likeness (QED) is 0.307. The standard InChI is InChI=1S/C18H16.C4H4O.C2H3.BrH.Mg/c1-3-7-15-13(5-1)9-11-18-16-8-4-2-6-14(16)10-12-17(15)18;1-2-4-5-3-1;1-2;;/h1,3,5,7,9-12H,2,4,6,8H2;1-4H;1H,2H2;1H;/q;;;;+1/p-1. The Hall–Kier alpha value is -1.55. The molecule has 0 saturated carbocycles. The Morgan fingerprint density at radius 3 is 2.15 bits per heavy atom. The third kappa shape index (κ3) is 5.47. The van der Waals surface area contributed by atoms with Crippen LogP contribution in [-0.4, -0.2) is 21.7 Å². The fourth-order valence-electron chi connectivity index (χ4n) is 3.57. The summed E-state index contributed by atoms with van der Waals surface area (Å²) in [6.45, 7) is 3.37. The van der Waals surface area contributed by atoms with Crippen LogP contribution in [0.5, 0.6) is 0 Å². The molecule has 0 bridgehead atoms. The second-order valence-electron chi connectivity index (χ2n) is 6.37. The Labute approximate surface area is 184 Å². The molecule has 134 valence electrons. The molecule has 3 heteroatoms. The van der Waals surface area contributed by atoms with Crippen LogP contribution in [0.4, 0.5) is 0 Å². The van der Waals surface area contributed by atoms with E-state index in [1.165, 1.54) is 47.2 Å². The maximum atomic E-state index is 4.58. The van der Waals surface area contributed by atoms with Gasteiger partial charge in [0.15, 0.2) is 0 Å². The van der Waals surface area contributed by atoms with Gasteiger partial charge in [-0.25, -0.2) is 0 Å². The molecular weight excluding hydrogens is 408 g/mol. The summed E-state index contributed by atoms with van der Waals surface area (Å²) < 4.78 is 6.36. The van der Waals surface area contributed by atoms with E-state index >= 15 is 0 Å². The van der Waals surface area contributed by atoms with Crippen molar-refractivity contribution in [3.63, 3.8) is 0 Å². The third-order valence-corrected chi connectivity index (χ3v) is 4.68. The van der Waals surface area contributed by atoms with Crippen molar-refractivity contribution >= 4 is 43.3 Å².